The van der Waals surface area contributed by atoms with Crippen molar-refractivity contribution in [3.8, 4) is 0 Å². The molecule has 102 valence electrons. The largest absolute Gasteiger partial charge is 0.399 e. The molecule has 0 aliphatic rings. The summed E-state index contributed by atoms with van der Waals surface area (Å²) in [7, 11) is 0. The Labute approximate surface area is 110 Å². The molecule has 18 heavy (non-hydrogen) atoms. The summed E-state index contributed by atoms with van der Waals surface area (Å²) in [5.74, 6) is 0.521. The van der Waals surface area contributed by atoms with Crippen molar-refractivity contribution in [1.29, 1.82) is 0 Å². The van der Waals surface area contributed by atoms with E-state index in [-0.39, 0.29) is 5.82 Å². The summed E-state index contributed by atoms with van der Waals surface area (Å²) >= 11 is 0. The Morgan fingerprint density at radius 3 is 2.50 bits per heavy atom. The second kappa shape index (κ2) is 7.96. The fraction of sp³-hybridized carbons (Fsp3) is 0.600. The molecule has 0 saturated carbocycles. The highest BCUT2D eigenvalue weighted by Gasteiger charge is 1.98. The minimum absolute atomic E-state index is 0.283. The number of nitrogens with two attached hydrogens (primary N) is 1. The summed E-state index contributed by atoms with van der Waals surface area (Å²) in [6, 6.07) is 4.58. The molecule has 2 nitrogen and oxygen atoms in total. The van der Waals surface area contributed by atoms with Crippen LogP contribution in [0.1, 0.15) is 46.0 Å². The number of unbranched alkanes of at least 4 members (excludes halogenated alkanes) is 3. The van der Waals surface area contributed by atoms with Crippen LogP contribution in [0.15, 0.2) is 18.2 Å². The highest BCUT2D eigenvalue weighted by atomic mass is 19.1. The van der Waals surface area contributed by atoms with E-state index in [0.717, 1.165) is 24.6 Å². The molecule has 0 unspecified atom stereocenters. The van der Waals surface area contributed by atoms with Gasteiger partial charge < -0.3 is 11.1 Å². The van der Waals surface area contributed by atoms with Crippen LogP contribution in [0.5, 0.6) is 0 Å². The van der Waals surface area contributed by atoms with Crippen LogP contribution < -0.4 is 11.1 Å². The molecular formula is C15H25FN2. The molecule has 0 radical (unpaired) electrons. The van der Waals surface area contributed by atoms with E-state index in [1.54, 1.807) is 6.07 Å². The SMILES string of the molecule is CC(C)CCCCCCNc1cc(N)cc(F)c1. The van der Waals surface area contributed by atoms with Crippen molar-refractivity contribution in [3.63, 3.8) is 0 Å². The van der Waals surface area contributed by atoms with Crippen LogP contribution in [0.4, 0.5) is 15.8 Å². The number of benzene rings is 1. The molecule has 0 aromatic heterocycles. The zero-order valence-electron chi connectivity index (χ0n) is 11.5. The molecule has 1 aromatic rings. The van der Waals surface area contributed by atoms with Crippen LogP contribution in [-0.4, -0.2) is 6.54 Å². The number of nitrogens with one attached hydrogen (secondary N) is 1. The van der Waals surface area contributed by atoms with Gasteiger partial charge >= 0.3 is 0 Å². The molecule has 3 N–H and O–H groups in total. The molecule has 1 rings (SSSR count). The first-order valence-electron chi connectivity index (χ1n) is 6.88. The van der Waals surface area contributed by atoms with Crippen LogP contribution in [0.2, 0.25) is 0 Å². The third kappa shape index (κ3) is 6.48. The maximum atomic E-state index is 13.1. The summed E-state index contributed by atoms with van der Waals surface area (Å²) in [6.45, 7) is 5.40. The fourth-order valence-electron chi connectivity index (χ4n) is 1.98. The Morgan fingerprint density at radius 2 is 1.83 bits per heavy atom. The number of hydrogen-bond donors (Lipinski definition) is 2. The summed E-state index contributed by atoms with van der Waals surface area (Å²) in [5, 5.41) is 3.21. The van der Waals surface area contributed by atoms with Gasteiger partial charge in [0.05, 0.1) is 0 Å². The van der Waals surface area contributed by atoms with Gasteiger partial charge in [0.25, 0.3) is 0 Å². The lowest BCUT2D eigenvalue weighted by atomic mass is 10.0. The molecule has 0 aliphatic carbocycles. The second-order valence-corrected chi connectivity index (χ2v) is 5.30. The predicted octanol–water partition coefficient (Wildman–Crippen LogP) is 4.43. The van der Waals surface area contributed by atoms with Gasteiger partial charge in [-0.25, -0.2) is 4.39 Å². The van der Waals surface area contributed by atoms with Gasteiger partial charge in [-0.2, -0.15) is 0 Å². The average Bonchev–Trinajstić information content (AvgIpc) is 2.26. The standard InChI is InChI=1S/C15H25FN2/c1-12(2)7-5-3-4-6-8-18-15-10-13(16)9-14(17)11-15/h9-12,18H,3-8,17H2,1-2H3. The molecular weight excluding hydrogens is 227 g/mol. The Morgan fingerprint density at radius 1 is 1.11 bits per heavy atom. The Kier molecular flexibility index (Phi) is 6.55. The number of rotatable bonds is 8. The normalized spacial score (nSPS) is 10.9. The molecule has 1 aromatic carbocycles. The summed E-state index contributed by atoms with van der Waals surface area (Å²) in [4.78, 5) is 0. The average molecular weight is 252 g/mol. The second-order valence-electron chi connectivity index (χ2n) is 5.30. The minimum atomic E-state index is -0.283. The molecule has 3 heteroatoms. The van der Waals surface area contributed by atoms with Gasteiger partial charge in [0.2, 0.25) is 0 Å². The minimum Gasteiger partial charge on any atom is -0.399 e. The summed E-state index contributed by atoms with van der Waals surface area (Å²) < 4.78 is 13.1. The van der Waals surface area contributed by atoms with Crippen LogP contribution in [0.25, 0.3) is 0 Å². The first-order chi connectivity index (χ1) is 8.58. The van der Waals surface area contributed by atoms with Crippen molar-refractivity contribution in [2.75, 3.05) is 17.6 Å². The van der Waals surface area contributed by atoms with Crippen LogP contribution in [0.3, 0.4) is 0 Å². The van der Waals surface area contributed by atoms with Gasteiger partial charge in [-0.1, -0.05) is 39.5 Å². The molecule has 0 heterocycles. The molecule has 0 saturated heterocycles. The zero-order valence-corrected chi connectivity index (χ0v) is 11.5. The molecule has 0 bridgehead atoms. The van der Waals surface area contributed by atoms with Crippen molar-refractivity contribution in [2.24, 2.45) is 5.92 Å². The maximum Gasteiger partial charge on any atom is 0.127 e. The van der Waals surface area contributed by atoms with Crippen LogP contribution in [-0.2, 0) is 0 Å². The van der Waals surface area contributed by atoms with Gasteiger partial charge in [0.15, 0.2) is 0 Å². The maximum absolute atomic E-state index is 13.1. The van der Waals surface area contributed by atoms with E-state index >= 15 is 0 Å². The van der Waals surface area contributed by atoms with Crippen molar-refractivity contribution < 1.29 is 4.39 Å². The van der Waals surface area contributed by atoms with Crippen LogP contribution in [0, 0.1) is 11.7 Å². The Bertz CT molecular complexity index is 330. The highest BCUT2D eigenvalue weighted by molar-refractivity contribution is 5.54. The van der Waals surface area contributed by atoms with Crippen molar-refractivity contribution in [1.82, 2.24) is 0 Å². The fourth-order valence-corrected chi connectivity index (χ4v) is 1.98. The van der Waals surface area contributed by atoms with E-state index in [0.29, 0.717) is 5.69 Å². The number of halogens is 1. The van der Waals surface area contributed by atoms with Crippen molar-refractivity contribution in [2.45, 2.75) is 46.0 Å². The summed E-state index contributed by atoms with van der Waals surface area (Å²) in [6.07, 6.45) is 6.25. The first kappa shape index (κ1) is 14.8. The third-order valence-electron chi connectivity index (χ3n) is 2.96. The molecule has 0 atom stereocenters. The molecule has 0 fully saturated rings. The lowest BCUT2D eigenvalue weighted by Gasteiger charge is -2.08. The van der Waals surface area contributed by atoms with Gasteiger partial charge in [0, 0.05) is 17.9 Å². The smallest absolute Gasteiger partial charge is 0.127 e. The van der Waals surface area contributed by atoms with Gasteiger partial charge in [-0.05, 0) is 30.5 Å². The van der Waals surface area contributed by atoms with Gasteiger partial charge in [-0.15, -0.1) is 0 Å². The number of nitrogen functional groups attached to an aromatic ring is 1. The molecule has 0 aliphatic heterocycles. The van der Waals surface area contributed by atoms with Crippen LogP contribution >= 0.6 is 0 Å². The van der Waals surface area contributed by atoms with Gasteiger partial charge in [0.1, 0.15) is 5.82 Å². The van der Waals surface area contributed by atoms with E-state index in [9.17, 15) is 4.39 Å². The zero-order chi connectivity index (χ0) is 13.4. The summed E-state index contributed by atoms with van der Waals surface area (Å²) in [5.41, 5.74) is 6.82. The third-order valence-corrected chi connectivity index (χ3v) is 2.96. The molecule has 0 amide bonds. The lowest BCUT2D eigenvalue weighted by Crippen LogP contribution is -2.02. The molecule has 0 spiro atoms. The number of hydrogen-bond acceptors (Lipinski definition) is 2. The van der Waals surface area contributed by atoms with E-state index in [4.69, 9.17) is 5.73 Å². The lowest BCUT2D eigenvalue weighted by molar-refractivity contribution is 0.523. The highest BCUT2D eigenvalue weighted by Crippen LogP contribution is 2.15. The van der Waals surface area contributed by atoms with Crippen molar-refractivity contribution in [3.05, 3.63) is 24.0 Å². The van der Waals surface area contributed by atoms with E-state index in [2.05, 4.69) is 19.2 Å². The van der Waals surface area contributed by atoms with Gasteiger partial charge in [-0.3, -0.25) is 0 Å². The Balaban J connectivity index is 2.10. The Hall–Kier alpha value is -1.25. The van der Waals surface area contributed by atoms with Crippen molar-refractivity contribution >= 4 is 11.4 Å². The topological polar surface area (TPSA) is 38.0 Å². The predicted molar refractivity (Wildman–Crippen MR) is 77.2 cm³/mol. The monoisotopic (exact) mass is 252 g/mol. The van der Waals surface area contributed by atoms with E-state index < -0.39 is 0 Å². The first-order valence-corrected chi connectivity index (χ1v) is 6.88. The number of anilines is 2. The quantitative estimate of drug-likeness (QED) is 0.530. The van der Waals surface area contributed by atoms with E-state index in [1.807, 2.05) is 0 Å². The van der Waals surface area contributed by atoms with E-state index in [1.165, 1.54) is 37.8 Å².